The van der Waals surface area contributed by atoms with E-state index in [2.05, 4.69) is 16.1 Å². The van der Waals surface area contributed by atoms with Gasteiger partial charge >= 0.3 is 0 Å². The fraction of sp³-hybridized carbons (Fsp3) is 0.143. The quantitative estimate of drug-likeness (QED) is 0.667. The maximum absolute atomic E-state index is 6.27. The minimum absolute atomic E-state index is 0.643. The van der Waals surface area contributed by atoms with Gasteiger partial charge in [-0.25, -0.2) is 0 Å². The molecule has 3 rings (SSSR count). The van der Waals surface area contributed by atoms with Crippen LogP contribution in [0.25, 0.3) is 22.0 Å². The van der Waals surface area contributed by atoms with Gasteiger partial charge in [0.25, 0.3) is 0 Å². The molecule has 0 bridgehead atoms. The normalized spacial score (nSPS) is 11.1. The van der Waals surface area contributed by atoms with Crippen LogP contribution in [0.2, 0.25) is 5.15 Å². The third-order valence-electron chi connectivity index (χ3n) is 3.03. The number of hydrogen-bond acceptors (Lipinski definition) is 2. The second kappa shape index (κ2) is 4.10. The van der Waals surface area contributed by atoms with Crippen LogP contribution in [-0.2, 0) is 7.05 Å². The Labute approximate surface area is 110 Å². The van der Waals surface area contributed by atoms with Crippen molar-refractivity contribution in [3.63, 3.8) is 0 Å². The third-order valence-corrected chi connectivity index (χ3v) is 3.46. The van der Waals surface area contributed by atoms with E-state index in [1.807, 2.05) is 44.4 Å². The summed E-state index contributed by atoms with van der Waals surface area (Å²) in [5.41, 5.74) is 3.86. The third kappa shape index (κ3) is 1.68. The SMILES string of the molecule is Cc1nn(C)c(Cl)c1-c1cnc2ccccc2c1. The van der Waals surface area contributed by atoms with Crippen LogP contribution >= 0.6 is 11.6 Å². The molecule has 0 spiro atoms. The van der Waals surface area contributed by atoms with Crippen molar-refractivity contribution in [3.8, 4) is 11.1 Å². The molecule has 0 saturated heterocycles. The Hall–Kier alpha value is -1.87. The Kier molecular flexibility index (Phi) is 2.56. The van der Waals surface area contributed by atoms with Crippen molar-refractivity contribution in [1.29, 1.82) is 0 Å². The highest BCUT2D eigenvalue weighted by Crippen LogP contribution is 2.31. The van der Waals surface area contributed by atoms with Crippen molar-refractivity contribution in [1.82, 2.24) is 14.8 Å². The fourth-order valence-electron chi connectivity index (χ4n) is 2.17. The van der Waals surface area contributed by atoms with Gasteiger partial charge < -0.3 is 0 Å². The molecule has 0 unspecified atom stereocenters. The molecule has 2 aromatic heterocycles. The smallest absolute Gasteiger partial charge is 0.134 e. The van der Waals surface area contributed by atoms with Crippen LogP contribution in [0.5, 0.6) is 0 Å². The zero-order valence-corrected chi connectivity index (χ0v) is 10.9. The summed E-state index contributed by atoms with van der Waals surface area (Å²) in [5.74, 6) is 0. The van der Waals surface area contributed by atoms with Gasteiger partial charge in [0.1, 0.15) is 5.15 Å². The number of halogens is 1. The van der Waals surface area contributed by atoms with Gasteiger partial charge in [0.2, 0.25) is 0 Å². The lowest BCUT2D eigenvalue weighted by Gasteiger charge is -2.03. The van der Waals surface area contributed by atoms with Crippen LogP contribution in [0.3, 0.4) is 0 Å². The standard InChI is InChI=1S/C14H12ClN3/c1-9-13(14(15)18(2)17-9)11-7-10-5-3-4-6-12(10)16-8-11/h3-8H,1-2H3. The maximum Gasteiger partial charge on any atom is 0.134 e. The molecule has 0 aliphatic carbocycles. The molecular weight excluding hydrogens is 246 g/mol. The van der Waals surface area contributed by atoms with Gasteiger partial charge in [0, 0.05) is 29.8 Å². The molecule has 0 fully saturated rings. The number of pyridine rings is 1. The summed E-state index contributed by atoms with van der Waals surface area (Å²) in [7, 11) is 1.84. The van der Waals surface area contributed by atoms with Crippen molar-refractivity contribution in [2.45, 2.75) is 6.92 Å². The highest BCUT2D eigenvalue weighted by Gasteiger charge is 2.13. The minimum atomic E-state index is 0.643. The number of aryl methyl sites for hydroxylation is 2. The summed E-state index contributed by atoms with van der Waals surface area (Å²) in [5, 5.41) is 6.07. The Morgan fingerprint density at radius 3 is 2.72 bits per heavy atom. The van der Waals surface area contributed by atoms with E-state index >= 15 is 0 Å². The first-order chi connectivity index (χ1) is 8.66. The van der Waals surface area contributed by atoms with Crippen molar-refractivity contribution in [3.05, 3.63) is 47.4 Å². The van der Waals surface area contributed by atoms with Gasteiger partial charge in [-0.05, 0) is 19.1 Å². The van der Waals surface area contributed by atoms with Crippen molar-refractivity contribution in [2.24, 2.45) is 7.05 Å². The Bertz CT molecular complexity index is 731. The molecule has 0 N–H and O–H groups in total. The summed E-state index contributed by atoms with van der Waals surface area (Å²) in [6.45, 7) is 1.95. The first-order valence-electron chi connectivity index (χ1n) is 5.71. The molecule has 4 heteroatoms. The number of nitrogens with zero attached hydrogens (tertiary/aromatic N) is 3. The topological polar surface area (TPSA) is 30.7 Å². The zero-order valence-electron chi connectivity index (χ0n) is 10.2. The molecule has 1 aromatic carbocycles. The predicted octanol–water partition coefficient (Wildman–Crippen LogP) is 3.60. The van der Waals surface area contributed by atoms with Crippen LogP contribution in [0, 0.1) is 6.92 Å². The van der Waals surface area contributed by atoms with Gasteiger partial charge in [0.05, 0.1) is 11.2 Å². The van der Waals surface area contributed by atoms with E-state index in [9.17, 15) is 0 Å². The van der Waals surface area contributed by atoms with Crippen molar-refractivity contribution >= 4 is 22.5 Å². The first-order valence-corrected chi connectivity index (χ1v) is 6.09. The van der Waals surface area contributed by atoms with E-state index < -0.39 is 0 Å². The van der Waals surface area contributed by atoms with E-state index in [-0.39, 0.29) is 0 Å². The minimum Gasteiger partial charge on any atom is -0.256 e. The van der Waals surface area contributed by atoms with Gasteiger partial charge in [-0.15, -0.1) is 0 Å². The molecule has 2 heterocycles. The second-order valence-electron chi connectivity index (χ2n) is 4.29. The fourth-order valence-corrected chi connectivity index (χ4v) is 2.45. The van der Waals surface area contributed by atoms with E-state index in [1.165, 1.54) is 0 Å². The van der Waals surface area contributed by atoms with Crippen LogP contribution in [0.4, 0.5) is 0 Å². The van der Waals surface area contributed by atoms with E-state index in [0.29, 0.717) is 5.15 Å². The summed E-state index contributed by atoms with van der Waals surface area (Å²) >= 11 is 6.27. The molecule has 0 amide bonds. The Balaban J connectivity index is 2.25. The van der Waals surface area contributed by atoms with Gasteiger partial charge in [0.15, 0.2) is 0 Å². The number of fused-ring (bicyclic) bond motifs is 1. The summed E-state index contributed by atoms with van der Waals surface area (Å²) in [6.07, 6.45) is 1.85. The first kappa shape index (κ1) is 11.2. The van der Waals surface area contributed by atoms with Crippen molar-refractivity contribution in [2.75, 3.05) is 0 Å². The molecule has 0 radical (unpaired) electrons. The van der Waals surface area contributed by atoms with Gasteiger partial charge in [-0.2, -0.15) is 5.10 Å². The van der Waals surface area contributed by atoms with E-state index in [0.717, 1.165) is 27.7 Å². The van der Waals surface area contributed by atoms with Crippen LogP contribution in [0.1, 0.15) is 5.69 Å². The highest BCUT2D eigenvalue weighted by molar-refractivity contribution is 6.32. The lowest BCUT2D eigenvalue weighted by molar-refractivity contribution is 0.757. The largest absolute Gasteiger partial charge is 0.256 e. The maximum atomic E-state index is 6.27. The lowest BCUT2D eigenvalue weighted by atomic mass is 10.1. The van der Waals surface area contributed by atoms with Gasteiger partial charge in [-0.1, -0.05) is 29.8 Å². The lowest BCUT2D eigenvalue weighted by Crippen LogP contribution is -1.89. The molecule has 0 aliphatic heterocycles. The van der Waals surface area contributed by atoms with Crippen LogP contribution in [0.15, 0.2) is 36.5 Å². The van der Waals surface area contributed by atoms with E-state index in [4.69, 9.17) is 11.6 Å². The Morgan fingerprint density at radius 2 is 2.00 bits per heavy atom. The van der Waals surface area contributed by atoms with Gasteiger partial charge in [-0.3, -0.25) is 9.67 Å². The molecule has 3 nitrogen and oxygen atoms in total. The molecule has 0 aliphatic rings. The van der Waals surface area contributed by atoms with Crippen LogP contribution < -0.4 is 0 Å². The van der Waals surface area contributed by atoms with Crippen LogP contribution in [-0.4, -0.2) is 14.8 Å². The molecule has 0 saturated carbocycles. The number of hydrogen-bond donors (Lipinski definition) is 0. The second-order valence-corrected chi connectivity index (χ2v) is 4.65. The average Bonchev–Trinajstić information content (AvgIpc) is 2.63. The molecule has 18 heavy (non-hydrogen) atoms. The summed E-state index contributed by atoms with van der Waals surface area (Å²) < 4.78 is 1.68. The van der Waals surface area contributed by atoms with E-state index in [1.54, 1.807) is 4.68 Å². The molecule has 90 valence electrons. The summed E-state index contributed by atoms with van der Waals surface area (Å²) in [4.78, 5) is 4.45. The zero-order chi connectivity index (χ0) is 12.7. The molecular formula is C14H12ClN3. The summed E-state index contributed by atoms with van der Waals surface area (Å²) in [6, 6.07) is 10.1. The monoisotopic (exact) mass is 257 g/mol. The predicted molar refractivity (Wildman–Crippen MR) is 73.7 cm³/mol. The highest BCUT2D eigenvalue weighted by atomic mass is 35.5. The Morgan fingerprint density at radius 1 is 1.22 bits per heavy atom. The number of rotatable bonds is 1. The van der Waals surface area contributed by atoms with Crippen molar-refractivity contribution < 1.29 is 0 Å². The molecule has 3 aromatic rings. The number of para-hydroxylation sites is 1. The average molecular weight is 258 g/mol. The molecule has 0 atom stereocenters. The number of benzene rings is 1. The number of aromatic nitrogens is 3.